The van der Waals surface area contributed by atoms with Crippen LogP contribution in [0.5, 0.6) is 0 Å². The molecule has 1 aromatic carbocycles. The van der Waals surface area contributed by atoms with Crippen molar-refractivity contribution in [3.63, 3.8) is 0 Å². The van der Waals surface area contributed by atoms with Gasteiger partial charge in [-0.25, -0.2) is 14.8 Å². The van der Waals surface area contributed by atoms with E-state index in [4.69, 9.17) is 0 Å². The summed E-state index contributed by atoms with van der Waals surface area (Å²) >= 11 is 0. The first kappa shape index (κ1) is 10.5. The molecule has 0 N–H and O–H groups in total. The van der Waals surface area contributed by atoms with E-state index in [0.29, 0.717) is 12.4 Å². The fourth-order valence-electron chi connectivity index (χ4n) is 1.44. The third-order valence-electron chi connectivity index (χ3n) is 2.29. The Morgan fingerprint density at radius 2 is 1.94 bits per heavy atom. The summed E-state index contributed by atoms with van der Waals surface area (Å²) in [6.07, 6.45) is 0. The van der Waals surface area contributed by atoms with Gasteiger partial charge in [0, 0.05) is 19.2 Å². The highest BCUT2D eigenvalue weighted by molar-refractivity contribution is 6.01. The lowest BCUT2D eigenvalue weighted by atomic mass is 10.2. The molecule has 0 fully saturated rings. The van der Waals surface area contributed by atoms with Gasteiger partial charge in [0.15, 0.2) is 5.84 Å². The summed E-state index contributed by atoms with van der Waals surface area (Å²) < 4.78 is 0. The summed E-state index contributed by atoms with van der Waals surface area (Å²) in [6.45, 7) is 2.41. The van der Waals surface area contributed by atoms with E-state index in [1.54, 1.807) is 7.05 Å². The van der Waals surface area contributed by atoms with Gasteiger partial charge < -0.3 is 0 Å². The van der Waals surface area contributed by atoms with Crippen LogP contribution in [0.15, 0.2) is 35.4 Å². The molecule has 0 atom stereocenters. The van der Waals surface area contributed by atoms with Crippen LogP contribution in [0.1, 0.15) is 12.5 Å². The molecule has 1 aliphatic heterocycles. The van der Waals surface area contributed by atoms with Gasteiger partial charge in [-0.05, 0) is 6.92 Å². The Labute approximate surface area is 94.3 Å². The van der Waals surface area contributed by atoms with Crippen LogP contribution in [-0.2, 0) is 0 Å². The fourth-order valence-corrected chi connectivity index (χ4v) is 1.44. The van der Waals surface area contributed by atoms with Crippen molar-refractivity contribution < 1.29 is 4.79 Å². The number of hydrogen-bond donors (Lipinski definition) is 0. The molecule has 0 aliphatic carbocycles. The molecular weight excluding hydrogens is 204 g/mol. The van der Waals surface area contributed by atoms with E-state index >= 15 is 0 Å². The van der Waals surface area contributed by atoms with Gasteiger partial charge in [-0.15, -0.1) is 10.5 Å². The zero-order chi connectivity index (χ0) is 11.5. The summed E-state index contributed by atoms with van der Waals surface area (Å²) in [4.78, 5) is 11.6. The Balaban J connectivity index is 2.30. The average Bonchev–Trinajstić information content (AvgIpc) is 2.33. The number of carbonyl (C=O) groups excluding carboxylic acids is 1. The Bertz CT molecular complexity index is 415. The molecule has 1 aliphatic rings. The molecule has 16 heavy (non-hydrogen) atoms. The highest BCUT2D eigenvalue weighted by atomic mass is 16.2. The molecule has 83 valence electrons. The summed E-state index contributed by atoms with van der Waals surface area (Å²) in [6, 6.07) is 9.39. The normalized spacial score (nSPS) is 15.9. The number of rotatable bonds is 2. The standard InChI is InChI=1S/C11H13N4O/c1-3-15-11(16)14(2)12-10(13-15)9-7-5-4-6-8-9/h4-8H,3H2,1-2H3. The molecule has 5 nitrogen and oxygen atoms in total. The molecule has 1 radical (unpaired) electrons. The van der Waals surface area contributed by atoms with Crippen molar-refractivity contribution in [3.05, 3.63) is 35.9 Å². The van der Waals surface area contributed by atoms with Gasteiger partial charge in [-0.3, -0.25) is 0 Å². The Hall–Kier alpha value is -2.04. The van der Waals surface area contributed by atoms with E-state index in [1.165, 1.54) is 10.0 Å². The SMILES string of the molecule is CCN1[N]C(c2ccccc2)=NN(C)C1=O. The Morgan fingerprint density at radius 3 is 2.56 bits per heavy atom. The average molecular weight is 217 g/mol. The van der Waals surface area contributed by atoms with Crippen molar-refractivity contribution in [2.75, 3.05) is 13.6 Å². The third-order valence-corrected chi connectivity index (χ3v) is 2.29. The maximum atomic E-state index is 11.6. The number of benzene rings is 1. The molecule has 2 rings (SSSR count). The zero-order valence-electron chi connectivity index (χ0n) is 9.29. The fraction of sp³-hybridized carbons (Fsp3) is 0.273. The highest BCUT2D eigenvalue weighted by Crippen LogP contribution is 2.08. The Kier molecular flexibility index (Phi) is 2.76. The van der Waals surface area contributed by atoms with Crippen LogP contribution in [0, 0.1) is 0 Å². The Morgan fingerprint density at radius 1 is 1.25 bits per heavy atom. The molecule has 0 unspecified atom stereocenters. The largest absolute Gasteiger partial charge is 0.360 e. The number of amidine groups is 1. The minimum Gasteiger partial charge on any atom is -0.244 e. The van der Waals surface area contributed by atoms with E-state index in [2.05, 4.69) is 10.5 Å². The van der Waals surface area contributed by atoms with Gasteiger partial charge in [0.1, 0.15) is 0 Å². The molecule has 0 aromatic heterocycles. The predicted molar refractivity (Wildman–Crippen MR) is 60.7 cm³/mol. The van der Waals surface area contributed by atoms with Crippen LogP contribution in [-0.4, -0.2) is 35.5 Å². The third kappa shape index (κ3) is 1.84. The lowest BCUT2D eigenvalue weighted by Crippen LogP contribution is -2.50. The van der Waals surface area contributed by atoms with Crippen molar-refractivity contribution >= 4 is 11.9 Å². The van der Waals surface area contributed by atoms with Crippen LogP contribution >= 0.6 is 0 Å². The summed E-state index contributed by atoms with van der Waals surface area (Å²) in [5.41, 5.74) is 5.10. The first-order valence-electron chi connectivity index (χ1n) is 5.13. The number of urea groups is 1. The van der Waals surface area contributed by atoms with Gasteiger partial charge in [-0.1, -0.05) is 30.3 Å². The summed E-state index contributed by atoms with van der Waals surface area (Å²) in [5.74, 6) is 0.560. The van der Waals surface area contributed by atoms with E-state index in [9.17, 15) is 4.79 Å². The number of carbonyl (C=O) groups is 1. The molecule has 0 spiro atoms. The van der Waals surface area contributed by atoms with Crippen LogP contribution in [0.4, 0.5) is 4.79 Å². The van der Waals surface area contributed by atoms with E-state index in [1.807, 2.05) is 37.3 Å². The first-order chi connectivity index (χ1) is 7.72. The maximum absolute atomic E-state index is 11.6. The van der Waals surface area contributed by atoms with Gasteiger partial charge in [0.05, 0.1) is 0 Å². The maximum Gasteiger partial charge on any atom is 0.360 e. The van der Waals surface area contributed by atoms with Gasteiger partial charge in [0.2, 0.25) is 0 Å². The molecule has 2 amide bonds. The molecular formula is C11H13N4O. The lowest BCUT2D eigenvalue weighted by Gasteiger charge is -2.28. The van der Waals surface area contributed by atoms with Gasteiger partial charge in [0.25, 0.3) is 0 Å². The second-order valence-corrected chi connectivity index (χ2v) is 3.41. The molecule has 0 bridgehead atoms. The van der Waals surface area contributed by atoms with Crippen LogP contribution in [0.3, 0.4) is 0 Å². The van der Waals surface area contributed by atoms with Gasteiger partial charge >= 0.3 is 6.03 Å². The summed E-state index contributed by atoms with van der Waals surface area (Å²) in [7, 11) is 1.63. The van der Waals surface area contributed by atoms with Crippen LogP contribution < -0.4 is 5.43 Å². The van der Waals surface area contributed by atoms with Crippen molar-refractivity contribution in [2.45, 2.75) is 6.92 Å². The number of nitrogens with zero attached hydrogens (tertiary/aromatic N) is 4. The number of amides is 2. The molecule has 0 saturated carbocycles. The van der Waals surface area contributed by atoms with E-state index in [0.717, 1.165) is 5.56 Å². The zero-order valence-corrected chi connectivity index (χ0v) is 9.29. The topological polar surface area (TPSA) is 50.0 Å². The van der Waals surface area contributed by atoms with Gasteiger partial charge in [-0.2, -0.15) is 0 Å². The van der Waals surface area contributed by atoms with Crippen molar-refractivity contribution in [2.24, 2.45) is 5.10 Å². The predicted octanol–water partition coefficient (Wildman–Crippen LogP) is 1.25. The number of hydrazone groups is 1. The van der Waals surface area contributed by atoms with E-state index < -0.39 is 0 Å². The van der Waals surface area contributed by atoms with Crippen LogP contribution in [0.25, 0.3) is 0 Å². The second-order valence-electron chi connectivity index (χ2n) is 3.41. The minimum atomic E-state index is -0.206. The molecule has 5 heteroatoms. The monoisotopic (exact) mass is 217 g/mol. The lowest BCUT2D eigenvalue weighted by molar-refractivity contribution is 0.144. The van der Waals surface area contributed by atoms with E-state index in [-0.39, 0.29) is 6.03 Å². The molecule has 0 saturated heterocycles. The molecule has 1 aromatic rings. The summed E-state index contributed by atoms with van der Waals surface area (Å²) in [5, 5.41) is 6.83. The van der Waals surface area contributed by atoms with Crippen LogP contribution in [0.2, 0.25) is 0 Å². The highest BCUT2D eigenvalue weighted by Gasteiger charge is 2.25. The van der Waals surface area contributed by atoms with Crippen molar-refractivity contribution in [1.29, 1.82) is 0 Å². The quantitative estimate of drug-likeness (QED) is 0.735. The number of hydrogen-bond acceptors (Lipinski definition) is 2. The van der Waals surface area contributed by atoms with Crippen molar-refractivity contribution in [1.82, 2.24) is 15.4 Å². The minimum absolute atomic E-state index is 0.206. The first-order valence-corrected chi connectivity index (χ1v) is 5.13. The molecule has 1 heterocycles. The van der Waals surface area contributed by atoms with Crippen molar-refractivity contribution in [3.8, 4) is 0 Å². The second kappa shape index (κ2) is 4.22. The smallest absolute Gasteiger partial charge is 0.244 e.